The van der Waals surface area contributed by atoms with Crippen LogP contribution in [0.2, 0.25) is 0 Å². The Morgan fingerprint density at radius 3 is 2.00 bits per heavy atom. The Kier molecular flexibility index (Phi) is 1.35. The predicted octanol–water partition coefficient (Wildman–Crippen LogP) is -0.229. The lowest BCUT2D eigenvalue weighted by Gasteiger charge is -1.68. The molecule has 0 saturated heterocycles. The van der Waals surface area contributed by atoms with Crippen LogP contribution >= 0.6 is 0 Å². The zero-order valence-electron chi connectivity index (χ0n) is 2.76. The molecule has 0 fully saturated rings. The van der Waals surface area contributed by atoms with Crippen LogP contribution in [0.3, 0.4) is 0 Å². The molecule has 0 aromatic heterocycles. The Bertz CT molecular complexity index is 42.9. The molecule has 5 heavy (non-hydrogen) atoms. The van der Waals surface area contributed by atoms with Crippen LogP contribution < -0.4 is 5.32 Å². The van der Waals surface area contributed by atoms with Crippen LogP contribution in [0.25, 0.3) is 0 Å². The summed E-state index contributed by atoms with van der Waals surface area (Å²) in [6.07, 6.45) is -1.37. The van der Waals surface area contributed by atoms with Gasteiger partial charge in [0.2, 0.25) is 0 Å². The topological polar surface area (TPSA) is 51.1 Å². The normalized spacial score (nSPS) is 6.60. The van der Waals surface area contributed by atoms with E-state index >= 15 is 0 Å². The first-order chi connectivity index (χ1) is 2.27. The lowest BCUT2D eigenvalue weighted by Crippen LogP contribution is -2.02. The van der Waals surface area contributed by atoms with Gasteiger partial charge in [-0.25, -0.2) is 15.2 Å². The summed E-state index contributed by atoms with van der Waals surface area (Å²) in [6, 6.07) is 0. The zero-order chi connectivity index (χ0) is 4.28. The fourth-order valence-corrected chi connectivity index (χ4v) is 0. The molecule has 0 atom stereocenters. The highest BCUT2D eigenvalue weighted by molar-refractivity contribution is 5.62. The standard InChI is InChI=1S/C2H3NO2/c1-3-2(4)5/h1H3. The highest BCUT2D eigenvalue weighted by Gasteiger charge is 1.86. The molecule has 0 aliphatic rings. The summed E-state index contributed by atoms with van der Waals surface area (Å²) in [6.45, 7) is 0. The van der Waals surface area contributed by atoms with Crippen LogP contribution in [-0.4, -0.2) is 13.1 Å². The molecule has 0 aromatic carbocycles. The van der Waals surface area contributed by atoms with Gasteiger partial charge in [0.05, 0.1) is 0 Å². The van der Waals surface area contributed by atoms with Gasteiger partial charge in [-0.3, -0.25) is 0 Å². The molecule has 0 saturated carbocycles. The van der Waals surface area contributed by atoms with Gasteiger partial charge in [0.1, 0.15) is 0 Å². The highest BCUT2D eigenvalue weighted by atomic mass is 16.4. The quantitative estimate of drug-likeness (QED) is 0.390. The summed E-state index contributed by atoms with van der Waals surface area (Å²) in [4.78, 5) is 9.09. The smallest absolute Gasteiger partial charge is 0.218 e. The van der Waals surface area contributed by atoms with Crippen LogP contribution in [0.1, 0.15) is 0 Å². The van der Waals surface area contributed by atoms with E-state index in [0.29, 0.717) is 0 Å². The molecule has 3 heteroatoms. The molecule has 1 amide bonds. The molecule has 0 rings (SSSR count). The lowest BCUT2D eigenvalue weighted by atomic mass is 11.1. The zero-order valence-corrected chi connectivity index (χ0v) is 2.76. The number of carbonyl (C=O) groups excluding carboxylic acids is 1. The van der Waals surface area contributed by atoms with Gasteiger partial charge in [-0.15, -0.1) is 0 Å². The Morgan fingerprint density at radius 1 is 1.80 bits per heavy atom. The minimum absolute atomic E-state index is 1.16. The second kappa shape index (κ2) is 1.58. The molecule has 3 nitrogen and oxygen atoms in total. The Labute approximate surface area is 29.6 Å². The van der Waals surface area contributed by atoms with Crippen molar-refractivity contribution >= 4 is 6.09 Å². The second-order valence-electron chi connectivity index (χ2n) is 0.490. The summed E-state index contributed by atoms with van der Waals surface area (Å²) in [7, 11) is 1.16. The maximum Gasteiger partial charge on any atom is 0.471 e. The largest absolute Gasteiger partial charge is 0.471 e. The van der Waals surface area contributed by atoms with Gasteiger partial charge in [0.15, 0.2) is 0 Å². The Morgan fingerprint density at radius 2 is 2.00 bits per heavy atom. The molecule has 0 N–H and O–H groups in total. The number of carbonyl (C=O) groups is 1. The van der Waals surface area contributed by atoms with Gasteiger partial charge in [0, 0.05) is 7.05 Å². The van der Waals surface area contributed by atoms with E-state index in [1.807, 2.05) is 0 Å². The average molecular weight is 73.1 g/mol. The molecule has 0 aliphatic carbocycles. The van der Waals surface area contributed by atoms with Crippen LogP contribution in [-0.2, 0) is 5.11 Å². The Hall–Kier alpha value is -0.730. The molecule has 0 spiro atoms. The van der Waals surface area contributed by atoms with Crippen LogP contribution in [0.5, 0.6) is 0 Å². The molecule has 0 unspecified atom stereocenters. The molecule has 0 heterocycles. The number of hydrogen-bond acceptors (Lipinski definition) is 1. The van der Waals surface area contributed by atoms with Crippen molar-refractivity contribution < 1.29 is 9.90 Å². The van der Waals surface area contributed by atoms with Crippen molar-refractivity contribution in [2.75, 3.05) is 7.05 Å². The maximum atomic E-state index is 9.09. The fourth-order valence-electron chi connectivity index (χ4n) is 0. The van der Waals surface area contributed by atoms with E-state index in [4.69, 9.17) is 9.90 Å². The number of amides is 1. The van der Waals surface area contributed by atoms with Crippen LogP contribution in [0.4, 0.5) is 4.79 Å². The SMILES string of the molecule is C[N]C([O])=O. The van der Waals surface area contributed by atoms with Gasteiger partial charge in [-0.2, -0.15) is 0 Å². The number of hydrogen-bond donors (Lipinski definition) is 0. The van der Waals surface area contributed by atoms with E-state index in [-0.39, 0.29) is 0 Å². The molecular weight excluding hydrogens is 70.0 g/mol. The van der Waals surface area contributed by atoms with E-state index < -0.39 is 6.09 Å². The summed E-state index contributed by atoms with van der Waals surface area (Å²) in [5.74, 6) is 0. The summed E-state index contributed by atoms with van der Waals surface area (Å²) < 4.78 is 0. The van der Waals surface area contributed by atoms with E-state index in [9.17, 15) is 0 Å². The molecule has 28 valence electrons. The van der Waals surface area contributed by atoms with Crippen LogP contribution in [0, 0.1) is 0 Å². The van der Waals surface area contributed by atoms with Crippen molar-refractivity contribution in [3.8, 4) is 0 Å². The minimum Gasteiger partial charge on any atom is -0.218 e. The van der Waals surface area contributed by atoms with E-state index in [1.165, 1.54) is 0 Å². The van der Waals surface area contributed by atoms with Crippen molar-refractivity contribution in [1.82, 2.24) is 5.32 Å². The molecular formula is C2H3NO2. The van der Waals surface area contributed by atoms with Gasteiger partial charge in [0.25, 0.3) is 0 Å². The molecule has 0 aliphatic heterocycles. The van der Waals surface area contributed by atoms with Gasteiger partial charge < -0.3 is 0 Å². The first kappa shape index (κ1) is 4.27. The van der Waals surface area contributed by atoms with Gasteiger partial charge in [-0.05, 0) is 0 Å². The first-order valence-electron chi connectivity index (χ1n) is 1.08. The number of rotatable bonds is 0. The summed E-state index contributed by atoms with van der Waals surface area (Å²) in [5, 5.41) is 11.8. The summed E-state index contributed by atoms with van der Waals surface area (Å²) >= 11 is 0. The first-order valence-corrected chi connectivity index (χ1v) is 1.08. The maximum absolute atomic E-state index is 9.09. The monoisotopic (exact) mass is 73.0 g/mol. The lowest BCUT2D eigenvalue weighted by molar-refractivity contribution is 0.170. The minimum atomic E-state index is -1.37. The van der Waals surface area contributed by atoms with Crippen molar-refractivity contribution in [2.45, 2.75) is 0 Å². The highest BCUT2D eigenvalue weighted by Crippen LogP contribution is 1.52. The van der Waals surface area contributed by atoms with Crippen molar-refractivity contribution in [3.05, 3.63) is 0 Å². The Balaban J connectivity index is 2.85. The third-order valence-electron chi connectivity index (χ3n) is 0.183. The van der Waals surface area contributed by atoms with E-state index in [0.717, 1.165) is 7.05 Å². The van der Waals surface area contributed by atoms with E-state index in [1.54, 1.807) is 0 Å². The number of nitrogens with zero attached hydrogens (tertiary/aromatic N) is 1. The second-order valence-corrected chi connectivity index (χ2v) is 0.490. The van der Waals surface area contributed by atoms with Crippen molar-refractivity contribution in [3.63, 3.8) is 0 Å². The van der Waals surface area contributed by atoms with Gasteiger partial charge >= 0.3 is 6.09 Å². The predicted molar refractivity (Wildman–Crippen MR) is 14.1 cm³/mol. The van der Waals surface area contributed by atoms with Gasteiger partial charge in [-0.1, -0.05) is 0 Å². The molecule has 2 radical (unpaired) electrons. The van der Waals surface area contributed by atoms with Crippen LogP contribution in [0.15, 0.2) is 0 Å². The molecule has 0 bridgehead atoms. The fraction of sp³-hybridized carbons (Fsp3) is 0.500. The van der Waals surface area contributed by atoms with Crippen molar-refractivity contribution in [1.29, 1.82) is 0 Å². The summed E-state index contributed by atoms with van der Waals surface area (Å²) in [5.41, 5.74) is 0. The van der Waals surface area contributed by atoms with E-state index in [2.05, 4.69) is 5.32 Å². The molecule has 0 aromatic rings. The van der Waals surface area contributed by atoms with Crippen molar-refractivity contribution in [2.24, 2.45) is 0 Å². The third-order valence-corrected chi connectivity index (χ3v) is 0.183. The average Bonchev–Trinajstić information content (AvgIpc) is 1.38. The third kappa shape index (κ3) is 3.27.